The molecule has 156 valence electrons. The molecule has 0 aliphatic rings. The summed E-state index contributed by atoms with van der Waals surface area (Å²) in [5.41, 5.74) is -0.282. The number of halogens is 6. The van der Waals surface area contributed by atoms with Crippen LogP contribution in [0.15, 0.2) is 4.42 Å². The number of alkyl halides is 6. The molecule has 0 unspecified atom stereocenters. The molecule has 0 amide bonds. The van der Waals surface area contributed by atoms with Crippen LogP contribution in [-0.2, 0) is 11.8 Å². The Morgan fingerprint density at radius 1 is 1.11 bits per heavy atom. The molecule has 3 N–H and O–H groups in total. The van der Waals surface area contributed by atoms with E-state index < -0.39 is 64.0 Å². The highest BCUT2D eigenvalue weighted by Gasteiger charge is 2.55. The van der Waals surface area contributed by atoms with Crippen molar-refractivity contribution >= 4 is 5.69 Å². The topological polar surface area (TPSA) is 107 Å². The third kappa shape index (κ3) is 3.57. The fraction of sp³-hybridized carbons (Fsp3) is 0.533. The first-order chi connectivity index (χ1) is 12.6. The number of methoxy groups -OCH3 is 1. The fourth-order valence-electron chi connectivity index (χ4n) is 2.42. The standard InChI is InChI=1S/C15H16F6N4O3/c1-5(2)6-7(14(16,17)18)10(27-4)23-9(8(6)22)11-24-25-12(28-11)13(3,26)15(19,20)21/h5,26H,22H2,1-4H3/t13-/m0/s1. The van der Waals surface area contributed by atoms with Crippen LogP contribution >= 0.6 is 0 Å². The first-order valence-corrected chi connectivity index (χ1v) is 7.70. The smallest absolute Gasteiger partial charge is 0.426 e. The molecule has 0 saturated carbocycles. The minimum absolute atomic E-state index is 0.383. The summed E-state index contributed by atoms with van der Waals surface area (Å²) >= 11 is 0. The molecule has 2 aromatic rings. The number of aliphatic hydroxyl groups is 1. The molecule has 0 bridgehead atoms. The largest absolute Gasteiger partial charge is 0.481 e. The van der Waals surface area contributed by atoms with Gasteiger partial charge in [-0.15, -0.1) is 10.2 Å². The maximum Gasteiger partial charge on any atom is 0.426 e. The van der Waals surface area contributed by atoms with Gasteiger partial charge >= 0.3 is 12.4 Å². The van der Waals surface area contributed by atoms with E-state index in [0.717, 1.165) is 7.11 Å². The Kier molecular flexibility index (Phi) is 5.27. The number of aromatic nitrogens is 3. The monoisotopic (exact) mass is 414 g/mol. The summed E-state index contributed by atoms with van der Waals surface area (Å²) in [7, 11) is 0.940. The molecule has 28 heavy (non-hydrogen) atoms. The molecule has 0 spiro atoms. The van der Waals surface area contributed by atoms with Crippen LogP contribution in [0.3, 0.4) is 0 Å². The normalized spacial score (nSPS) is 15.0. The van der Waals surface area contributed by atoms with Crippen LogP contribution in [-0.4, -0.2) is 33.6 Å². The number of hydrogen-bond acceptors (Lipinski definition) is 7. The van der Waals surface area contributed by atoms with E-state index in [9.17, 15) is 31.4 Å². The van der Waals surface area contributed by atoms with Gasteiger partial charge < -0.3 is 20.0 Å². The highest BCUT2D eigenvalue weighted by atomic mass is 19.4. The van der Waals surface area contributed by atoms with Gasteiger partial charge in [0.1, 0.15) is 5.56 Å². The second-order valence-corrected chi connectivity index (χ2v) is 6.31. The Morgan fingerprint density at radius 3 is 2.11 bits per heavy atom. The number of pyridine rings is 1. The van der Waals surface area contributed by atoms with Crippen molar-refractivity contribution in [3.8, 4) is 17.5 Å². The summed E-state index contributed by atoms with van der Waals surface area (Å²) in [6.07, 6.45) is -10.00. The quantitative estimate of drug-likeness (QED) is 0.736. The molecule has 0 aliphatic carbocycles. The molecule has 2 rings (SSSR count). The van der Waals surface area contributed by atoms with Gasteiger partial charge in [-0.25, -0.2) is 4.98 Å². The van der Waals surface area contributed by atoms with Crippen molar-refractivity contribution in [2.45, 2.75) is 44.6 Å². The second-order valence-electron chi connectivity index (χ2n) is 6.31. The average molecular weight is 414 g/mol. The number of nitrogen functional groups attached to an aromatic ring is 1. The molecular weight excluding hydrogens is 398 g/mol. The fourth-order valence-corrected chi connectivity index (χ4v) is 2.42. The van der Waals surface area contributed by atoms with E-state index >= 15 is 0 Å². The lowest BCUT2D eigenvalue weighted by Crippen LogP contribution is -2.39. The Bertz CT molecular complexity index is 874. The lowest BCUT2D eigenvalue weighted by molar-refractivity contribution is -0.266. The van der Waals surface area contributed by atoms with E-state index in [1.165, 1.54) is 13.8 Å². The maximum atomic E-state index is 13.5. The first-order valence-electron chi connectivity index (χ1n) is 7.70. The van der Waals surface area contributed by atoms with Crippen molar-refractivity contribution in [2.24, 2.45) is 0 Å². The zero-order valence-corrected chi connectivity index (χ0v) is 15.0. The maximum absolute atomic E-state index is 13.5. The minimum Gasteiger partial charge on any atom is -0.481 e. The van der Waals surface area contributed by atoms with Crippen LogP contribution in [0.4, 0.5) is 32.0 Å². The van der Waals surface area contributed by atoms with E-state index in [1.807, 2.05) is 0 Å². The van der Waals surface area contributed by atoms with Crippen LogP contribution in [0.25, 0.3) is 11.6 Å². The van der Waals surface area contributed by atoms with Crippen molar-refractivity contribution in [3.63, 3.8) is 0 Å². The van der Waals surface area contributed by atoms with Gasteiger partial charge in [0.2, 0.25) is 11.5 Å². The van der Waals surface area contributed by atoms with Crippen molar-refractivity contribution in [3.05, 3.63) is 17.0 Å². The lowest BCUT2D eigenvalue weighted by Gasteiger charge is -2.22. The summed E-state index contributed by atoms with van der Waals surface area (Å²) in [4.78, 5) is 3.60. The van der Waals surface area contributed by atoms with Crippen LogP contribution < -0.4 is 10.5 Å². The molecule has 0 aromatic carbocycles. The van der Waals surface area contributed by atoms with E-state index in [4.69, 9.17) is 14.9 Å². The van der Waals surface area contributed by atoms with Crippen LogP contribution in [0.2, 0.25) is 0 Å². The third-order valence-electron chi connectivity index (χ3n) is 3.89. The van der Waals surface area contributed by atoms with E-state index in [-0.39, 0.29) is 0 Å². The predicted octanol–water partition coefficient (Wildman–Crippen LogP) is 3.63. The Hall–Kier alpha value is -2.57. The predicted molar refractivity (Wildman–Crippen MR) is 83.2 cm³/mol. The van der Waals surface area contributed by atoms with Crippen molar-refractivity contribution in [1.82, 2.24) is 15.2 Å². The van der Waals surface area contributed by atoms with E-state index in [2.05, 4.69) is 15.2 Å². The lowest BCUT2D eigenvalue weighted by atomic mass is 9.95. The van der Waals surface area contributed by atoms with Gasteiger partial charge in [0.05, 0.1) is 12.8 Å². The number of nitrogens with zero attached hydrogens (tertiary/aromatic N) is 3. The zero-order chi connectivity index (χ0) is 21.7. The minimum atomic E-state index is -5.14. The number of rotatable bonds is 4. The summed E-state index contributed by atoms with van der Waals surface area (Å²) in [6, 6.07) is 0. The Labute approximate surface area is 154 Å². The second kappa shape index (κ2) is 6.79. The van der Waals surface area contributed by atoms with E-state index in [0.29, 0.717) is 6.92 Å². The number of ether oxygens (including phenoxy) is 1. The molecule has 2 aromatic heterocycles. The molecule has 2 heterocycles. The highest BCUT2D eigenvalue weighted by molar-refractivity contribution is 5.73. The van der Waals surface area contributed by atoms with Crippen LogP contribution in [0.1, 0.15) is 43.7 Å². The molecule has 0 radical (unpaired) electrons. The number of anilines is 1. The van der Waals surface area contributed by atoms with Gasteiger partial charge in [0.15, 0.2) is 5.69 Å². The molecule has 7 nitrogen and oxygen atoms in total. The van der Waals surface area contributed by atoms with Crippen LogP contribution in [0, 0.1) is 0 Å². The SMILES string of the molecule is COc1nc(-c2nnc([C@](C)(O)C(F)(F)F)o2)c(N)c(C(C)C)c1C(F)(F)F. The number of nitrogens with two attached hydrogens (primary N) is 1. The van der Waals surface area contributed by atoms with Crippen molar-refractivity contribution in [2.75, 3.05) is 12.8 Å². The highest BCUT2D eigenvalue weighted by Crippen LogP contribution is 2.46. The Balaban J connectivity index is 2.74. The van der Waals surface area contributed by atoms with Crippen LogP contribution in [0.5, 0.6) is 5.88 Å². The van der Waals surface area contributed by atoms with Gasteiger partial charge in [-0.3, -0.25) is 0 Å². The van der Waals surface area contributed by atoms with Gasteiger partial charge in [-0.2, -0.15) is 26.3 Å². The summed E-state index contributed by atoms with van der Waals surface area (Å²) in [5, 5.41) is 16.1. The zero-order valence-electron chi connectivity index (χ0n) is 15.0. The van der Waals surface area contributed by atoms with Gasteiger partial charge in [-0.05, 0) is 18.4 Å². The molecule has 0 aliphatic heterocycles. The van der Waals surface area contributed by atoms with Crippen molar-refractivity contribution in [1.29, 1.82) is 0 Å². The molecule has 0 saturated heterocycles. The molecule has 13 heteroatoms. The summed E-state index contributed by atoms with van der Waals surface area (Å²) in [6.45, 7) is 3.24. The average Bonchev–Trinajstić information content (AvgIpc) is 3.02. The summed E-state index contributed by atoms with van der Waals surface area (Å²) in [5.74, 6) is -3.54. The van der Waals surface area contributed by atoms with Gasteiger partial charge in [0, 0.05) is 0 Å². The number of hydrogen-bond donors (Lipinski definition) is 2. The third-order valence-corrected chi connectivity index (χ3v) is 3.89. The van der Waals surface area contributed by atoms with Gasteiger partial charge in [-0.1, -0.05) is 13.8 Å². The van der Waals surface area contributed by atoms with Gasteiger partial charge in [0.25, 0.3) is 11.8 Å². The first kappa shape index (κ1) is 21.7. The molecule has 0 fully saturated rings. The molecular formula is C15H16F6N4O3. The summed E-state index contributed by atoms with van der Waals surface area (Å²) < 4.78 is 88.7. The van der Waals surface area contributed by atoms with E-state index in [1.54, 1.807) is 0 Å². The Morgan fingerprint density at radius 2 is 1.68 bits per heavy atom. The van der Waals surface area contributed by atoms with Crippen molar-refractivity contribution < 1.29 is 40.6 Å². The molecule has 1 atom stereocenters.